The van der Waals surface area contributed by atoms with Crippen LogP contribution in [0.25, 0.3) is 0 Å². The number of aliphatic hydroxyl groups is 2. The molecule has 6 unspecified atom stereocenters. The summed E-state index contributed by atoms with van der Waals surface area (Å²) in [5.74, 6) is 1.12. The van der Waals surface area contributed by atoms with E-state index in [-0.39, 0.29) is 207 Å². The average Bonchev–Trinajstić information content (AvgIpc) is 1.55. The largest absolute Gasteiger partial charge is 0.417 e. The van der Waals surface area contributed by atoms with E-state index in [1.807, 2.05) is 6.07 Å². The summed E-state index contributed by atoms with van der Waals surface area (Å²) in [6.45, 7) is 46.3. The molecule has 131 heavy (non-hydrogen) atoms. The summed E-state index contributed by atoms with van der Waals surface area (Å²) in [6, 6.07) is 21.6. The highest BCUT2D eigenvalue weighted by atomic mass is 32.1. The van der Waals surface area contributed by atoms with Crippen LogP contribution in [0.1, 0.15) is 234 Å². The first-order valence-corrected chi connectivity index (χ1v) is 53.1. The molecular formula is C101H148O27S2Si. The summed E-state index contributed by atoms with van der Waals surface area (Å²) in [5, 5.41) is 20.1. The van der Waals surface area contributed by atoms with Crippen molar-refractivity contribution in [1.29, 1.82) is 0 Å². The molecular weight excluding hydrogens is 1740 g/mol. The minimum atomic E-state index is -1.82. The van der Waals surface area contributed by atoms with Crippen LogP contribution in [-0.2, 0) is 135 Å². The van der Waals surface area contributed by atoms with E-state index in [1.54, 1.807) is 0 Å². The van der Waals surface area contributed by atoms with Crippen LogP contribution in [0.3, 0.4) is 0 Å². The molecule has 18 heterocycles. The molecule has 0 aliphatic carbocycles. The zero-order valence-corrected chi connectivity index (χ0v) is 81.7. The topological polar surface area (TPSA) is 334 Å². The van der Waals surface area contributed by atoms with Gasteiger partial charge in [0, 0.05) is 51.6 Å². The molecule has 0 spiro atoms. The first-order valence-electron chi connectivity index (χ1n) is 48.9. The van der Waals surface area contributed by atoms with Crippen LogP contribution < -0.4 is 0 Å². The zero-order chi connectivity index (χ0) is 94.0. The predicted molar refractivity (Wildman–Crippen MR) is 485 cm³/mol. The molecule has 0 aromatic heterocycles. The number of benzene rings is 2. The van der Waals surface area contributed by atoms with E-state index in [0.29, 0.717) is 36.0 Å². The molecule has 2 N–H and O–H groups in total. The van der Waals surface area contributed by atoms with Crippen LogP contribution >= 0.6 is 0 Å². The van der Waals surface area contributed by atoms with Gasteiger partial charge in [-0.1, -0.05) is 156 Å². The van der Waals surface area contributed by atoms with Crippen molar-refractivity contribution in [2.45, 2.75) is 443 Å². The molecule has 18 aliphatic heterocycles. The highest BCUT2D eigenvalue weighted by Crippen LogP contribution is 2.58. The minimum absolute atomic E-state index is 0.00101. The van der Waals surface area contributed by atoms with Gasteiger partial charge in [-0.2, -0.15) is 36.0 Å². The van der Waals surface area contributed by atoms with Crippen LogP contribution in [0, 0.1) is 41.4 Å². The number of hydrogen-bond donors (Lipinski definition) is 2. The number of aliphatic hydroxyl groups excluding tert-OH is 2. The van der Waals surface area contributed by atoms with Gasteiger partial charge in [-0.3, -0.25) is 0 Å². The molecule has 730 valence electrons. The van der Waals surface area contributed by atoms with E-state index in [2.05, 4.69) is 163 Å². The van der Waals surface area contributed by atoms with Gasteiger partial charge in [0.05, 0.1) is 123 Å². The lowest BCUT2D eigenvalue weighted by Crippen LogP contribution is -2.61. The van der Waals surface area contributed by atoms with Crippen LogP contribution in [0.5, 0.6) is 0 Å². The highest BCUT2D eigenvalue weighted by Gasteiger charge is 2.71. The molecule has 0 amide bonds. The maximum Gasteiger partial charge on any atom is 0.373 e. The van der Waals surface area contributed by atoms with Crippen LogP contribution in [0.15, 0.2) is 109 Å². The van der Waals surface area contributed by atoms with E-state index in [1.165, 1.54) is 22.3 Å². The van der Waals surface area contributed by atoms with Gasteiger partial charge in [0.1, 0.15) is 61.0 Å². The Kier molecular flexibility index (Phi) is 36.7. The van der Waals surface area contributed by atoms with Crippen molar-refractivity contribution in [1.82, 2.24) is 0 Å². The maximum atomic E-state index is 10.3. The van der Waals surface area contributed by atoms with Crippen LogP contribution in [0.4, 0.5) is 0 Å². The summed E-state index contributed by atoms with van der Waals surface area (Å²) in [6.07, 6.45) is 22.6. The quantitative estimate of drug-likeness (QED) is 0.0542. The lowest BCUT2D eigenvalue weighted by molar-refractivity contribution is -0.293. The summed E-state index contributed by atoms with van der Waals surface area (Å²) >= 11 is -1.50. The first-order chi connectivity index (χ1) is 62.7. The second kappa shape index (κ2) is 46.4. The van der Waals surface area contributed by atoms with E-state index < -0.39 is 49.1 Å². The summed E-state index contributed by atoms with van der Waals surface area (Å²) in [4.78, 5) is 32.5. The van der Waals surface area contributed by atoms with Gasteiger partial charge in [-0.25, -0.2) is 0 Å². The first kappa shape index (κ1) is 104. The number of ether oxygens (including phenoxy) is 16. The van der Waals surface area contributed by atoms with Gasteiger partial charge in [0.25, 0.3) is 0 Å². The van der Waals surface area contributed by atoms with Gasteiger partial charge in [-0.05, 0) is 215 Å². The third kappa shape index (κ3) is 24.6. The molecule has 2 aromatic carbocycles. The van der Waals surface area contributed by atoms with Gasteiger partial charge in [0.2, 0.25) is 0 Å². The number of rotatable bonds is 30. The Hall–Kier alpha value is -4.74. The number of hydrogen-bond acceptors (Lipinski definition) is 27. The third-order valence-electron chi connectivity index (χ3n) is 32.4. The predicted octanol–water partition coefficient (Wildman–Crippen LogP) is 14.6. The van der Waals surface area contributed by atoms with Crippen molar-refractivity contribution in [3.8, 4) is 0 Å². The molecule has 30 heteroatoms. The van der Waals surface area contributed by atoms with Crippen LogP contribution in [-0.4, -0.2) is 249 Å². The second-order valence-corrected chi connectivity index (χ2v) is 47.1. The second-order valence-electron chi connectivity index (χ2n) is 42.0. The van der Waals surface area contributed by atoms with Gasteiger partial charge < -0.3 is 90.4 Å². The van der Waals surface area contributed by atoms with Gasteiger partial charge >= 0.3 is 35.4 Å². The highest BCUT2D eigenvalue weighted by molar-refractivity contribution is 7.52. The fourth-order valence-electron chi connectivity index (χ4n) is 24.1. The van der Waals surface area contributed by atoms with E-state index in [0.717, 1.165) is 178 Å². The monoisotopic (exact) mass is 1880 g/mol. The minimum Gasteiger partial charge on any atom is -0.417 e. The average molecular weight is 1890 g/mol. The van der Waals surface area contributed by atoms with Crippen LogP contribution in [0.2, 0.25) is 18.1 Å². The molecule has 20 rings (SSSR count). The maximum absolute atomic E-state index is 10.3. The lowest BCUT2D eigenvalue weighted by Gasteiger charge is -2.47. The molecule has 38 atom stereocenters. The number of carbonyl (C=O) groups excluding carboxylic acids is 4. The molecule has 27 nitrogen and oxygen atoms in total. The summed E-state index contributed by atoms with van der Waals surface area (Å²) < 4.78 is 148. The molecule has 0 radical (unpaired) electrons. The smallest absolute Gasteiger partial charge is 0.373 e. The Morgan fingerprint density at radius 2 is 0.847 bits per heavy atom. The Morgan fingerprint density at radius 3 is 1.24 bits per heavy atom. The van der Waals surface area contributed by atoms with E-state index in [4.69, 9.17) is 116 Å². The van der Waals surface area contributed by atoms with Crippen molar-refractivity contribution < 1.29 is 126 Å². The Balaban J connectivity index is 0.000000200. The Morgan fingerprint density at radius 1 is 0.473 bits per heavy atom. The standard InChI is InChI=1S/C53H82O9Si.C46H66O10.2CO2.2O2S/c1-12-37-18-21-42-47(57-37)51-50-49(59-42)48-46(60-50)29-53(61-48,62-51)23-22-39-26-33(4)41(55-39)20-19-38-25-32(3)34(5)44(56-38)28-45-40(27-36-16-14-13-15-17-36)35(6)43(58-45)24-31(2)30-54-63(10,11)52(7,8)9;1-6-31-12-15-36-41(51-31)45-44-43(53-36)42-40(54-44)23-46(55-42,56-45)17-16-33-19-26(3)35(49-33)14-13-32-18-25(2)27(4)38(50-32)22-39-34(20-29-10-8-7-9-11-29)28(5)37(52-39)21-30(48)24-47;2*2-1-3;2*1-3-2/h13-17,31-32,35,37-51H,4-5,12,18-30H2,1-3,6-11H3;7-11,25,28,30-45,47-48H,3-4,6,12-24H2,1-2,5H3;;;;/t31-,32+,35+,37-,38-,39-,40+,41?,42-,43+,44?,45-,46?,47-,48-,49-,50+,51-,53-;25-,28-,30+,31+,32+,33+,34-,35?,36+,37-,38?,39+,40?,41+,42+,43+,44-,45+,46+;;;;/m01..../s1. The van der Waals surface area contributed by atoms with E-state index in [9.17, 15) is 10.2 Å². The SMILES string of the molecule is C=C1C[C@H](CC[C@@]23CC4O[C@H]5[C@@H](O2)[C@H]2O[C@@H](CC)CC[C@@H]2O[C@H]5[C@H]4O3)OC1CC[C@H]1C[C@@H](C)C(=C)C(C[C@@H]2O[C@H](C[C@H](C)CO[Si](C)(C)C(C)(C)C)[C@H](C)[C@H]2Cc2ccccc2)O1.C=C1C[C@H](CC[C@@]23CC4O[C@H]5[C@@H](O2)[C@H]2O[C@@H](CC)CC[C@@H]2O[C@H]5[C@H]4O3)OC1CC[C@H]1C[C@@H](C)C(=C)C(C[C@@H]2O[C@H](C[C@H](O)CO)[C@H](C)[C@H]2Cc2ccccc2)O1.O=C=O.O=C=O.O=S=O.O=S=O. The van der Waals surface area contributed by atoms with Crippen molar-refractivity contribution in [2.24, 2.45) is 41.4 Å². The Bertz CT molecular complexity index is 4160. The van der Waals surface area contributed by atoms with Crippen molar-refractivity contribution in [3.05, 3.63) is 120 Å². The number of fused-ring (bicyclic) bond motifs is 2. The van der Waals surface area contributed by atoms with Crippen molar-refractivity contribution >= 4 is 43.8 Å². The van der Waals surface area contributed by atoms with Gasteiger partial charge in [-0.15, -0.1) is 0 Å². The zero-order valence-electron chi connectivity index (χ0n) is 79.1. The fraction of sp³-hybridized carbons (Fsp3) is 0.782. The third-order valence-corrected chi connectivity index (χ3v) is 36.9. The van der Waals surface area contributed by atoms with Crippen molar-refractivity contribution in [2.75, 3.05) is 13.2 Å². The summed E-state index contributed by atoms with van der Waals surface area (Å²) in [5.41, 5.74) is 7.38. The van der Waals surface area contributed by atoms with Crippen molar-refractivity contribution in [3.63, 3.8) is 0 Å². The van der Waals surface area contributed by atoms with E-state index >= 15 is 0 Å². The normalized spacial score (nSPS) is 41.7. The molecule has 18 fully saturated rings. The molecule has 12 bridgehead atoms. The molecule has 0 saturated carbocycles. The fourth-order valence-corrected chi connectivity index (χ4v) is 25.2. The molecule has 18 aliphatic rings. The van der Waals surface area contributed by atoms with Gasteiger partial charge in [0.15, 0.2) is 19.9 Å². The molecule has 2 aromatic rings. The molecule has 18 saturated heterocycles. The summed E-state index contributed by atoms with van der Waals surface area (Å²) in [7, 11) is -1.82. The lowest BCUT2D eigenvalue weighted by atomic mass is 9.78. The Labute approximate surface area is 783 Å².